The van der Waals surface area contributed by atoms with Crippen LogP contribution >= 0.6 is 11.3 Å². The molecule has 1 saturated heterocycles. The minimum Gasteiger partial charge on any atom is -0.338 e. The van der Waals surface area contributed by atoms with Gasteiger partial charge in [0.15, 0.2) is 0 Å². The van der Waals surface area contributed by atoms with Gasteiger partial charge in [0.1, 0.15) is 4.88 Å². The Hall–Kier alpha value is -1.75. The summed E-state index contributed by atoms with van der Waals surface area (Å²) in [6.45, 7) is 3.61. The van der Waals surface area contributed by atoms with Crippen molar-refractivity contribution in [1.29, 1.82) is 0 Å². The van der Waals surface area contributed by atoms with E-state index in [1.165, 1.54) is 16.9 Å². The molecule has 3 heterocycles. The van der Waals surface area contributed by atoms with Crippen LogP contribution in [-0.4, -0.2) is 33.9 Å². The summed E-state index contributed by atoms with van der Waals surface area (Å²) in [4.78, 5) is 23.4. The van der Waals surface area contributed by atoms with Crippen LogP contribution in [0.15, 0.2) is 30.0 Å². The molecule has 3 rings (SSSR count). The summed E-state index contributed by atoms with van der Waals surface area (Å²) < 4.78 is 0. The van der Waals surface area contributed by atoms with Crippen molar-refractivity contribution in [3.63, 3.8) is 0 Å². The van der Waals surface area contributed by atoms with Crippen molar-refractivity contribution in [2.45, 2.75) is 26.2 Å². The highest BCUT2D eigenvalue weighted by atomic mass is 32.1. The van der Waals surface area contributed by atoms with E-state index < -0.39 is 0 Å². The third kappa shape index (κ3) is 3.29. The number of hydrogen-bond donors (Lipinski definition) is 0. The molecule has 110 valence electrons. The fraction of sp³-hybridized carbons (Fsp3) is 0.438. The first-order valence-corrected chi connectivity index (χ1v) is 8.20. The highest BCUT2D eigenvalue weighted by molar-refractivity contribution is 7.11. The SMILES string of the molecule is Cc1ncsc1C(=O)N1CCC(Cc2ccncc2)CC1. The van der Waals surface area contributed by atoms with Crippen LogP contribution in [0, 0.1) is 12.8 Å². The fourth-order valence-corrected chi connectivity index (χ4v) is 3.61. The van der Waals surface area contributed by atoms with Gasteiger partial charge in [-0.1, -0.05) is 0 Å². The fourth-order valence-electron chi connectivity index (χ4n) is 2.84. The summed E-state index contributed by atoms with van der Waals surface area (Å²) in [6.07, 6.45) is 6.93. The topological polar surface area (TPSA) is 46.1 Å². The van der Waals surface area contributed by atoms with Gasteiger partial charge in [-0.2, -0.15) is 0 Å². The van der Waals surface area contributed by atoms with E-state index in [9.17, 15) is 4.79 Å². The van der Waals surface area contributed by atoms with Crippen LogP contribution < -0.4 is 0 Å². The number of nitrogens with zero attached hydrogens (tertiary/aromatic N) is 3. The van der Waals surface area contributed by atoms with Gasteiger partial charge in [-0.05, 0) is 49.8 Å². The standard InChI is InChI=1S/C16H19N3OS/c1-12-15(21-11-18-12)16(20)19-8-4-14(5-9-19)10-13-2-6-17-7-3-13/h2-3,6-7,11,14H,4-5,8-10H2,1H3. The second-order valence-electron chi connectivity index (χ2n) is 5.56. The molecule has 0 aromatic carbocycles. The molecule has 0 N–H and O–H groups in total. The molecular formula is C16H19N3OS. The van der Waals surface area contributed by atoms with Crippen molar-refractivity contribution in [1.82, 2.24) is 14.9 Å². The predicted molar refractivity (Wildman–Crippen MR) is 83.4 cm³/mol. The van der Waals surface area contributed by atoms with Crippen LogP contribution in [0.4, 0.5) is 0 Å². The van der Waals surface area contributed by atoms with Crippen LogP contribution in [0.1, 0.15) is 33.8 Å². The summed E-state index contributed by atoms with van der Waals surface area (Å²) in [7, 11) is 0. The first-order valence-electron chi connectivity index (χ1n) is 7.32. The largest absolute Gasteiger partial charge is 0.338 e. The van der Waals surface area contributed by atoms with E-state index in [1.54, 1.807) is 5.51 Å². The molecule has 1 aliphatic heterocycles. The summed E-state index contributed by atoms with van der Waals surface area (Å²) in [6, 6.07) is 4.16. The number of rotatable bonds is 3. The van der Waals surface area contributed by atoms with Crippen LogP contribution in [-0.2, 0) is 6.42 Å². The summed E-state index contributed by atoms with van der Waals surface area (Å²) in [5.41, 5.74) is 3.94. The maximum absolute atomic E-state index is 12.4. The van der Waals surface area contributed by atoms with Crippen LogP contribution in [0.2, 0.25) is 0 Å². The Morgan fingerprint density at radius 1 is 1.33 bits per heavy atom. The number of piperidine rings is 1. The summed E-state index contributed by atoms with van der Waals surface area (Å²) in [5, 5.41) is 0. The number of thiazole rings is 1. The molecule has 5 heteroatoms. The van der Waals surface area contributed by atoms with E-state index in [-0.39, 0.29) is 5.91 Å². The summed E-state index contributed by atoms with van der Waals surface area (Å²) >= 11 is 1.45. The van der Waals surface area contributed by atoms with E-state index in [4.69, 9.17) is 0 Å². The van der Waals surface area contributed by atoms with Crippen LogP contribution in [0.5, 0.6) is 0 Å². The lowest BCUT2D eigenvalue weighted by Gasteiger charge is -2.32. The molecule has 0 unspecified atom stereocenters. The molecule has 2 aromatic rings. The van der Waals surface area contributed by atoms with E-state index >= 15 is 0 Å². The molecule has 1 amide bonds. The normalized spacial score (nSPS) is 16.1. The minimum atomic E-state index is 0.150. The number of aryl methyl sites for hydroxylation is 1. The number of carbonyl (C=O) groups is 1. The van der Waals surface area contributed by atoms with Gasteiger partial charge in [0, 0.05) is 25.5 Å². The van der Waals surface area contributed by atoms with Crippen molar-refractivity contribution in [3.05, 3.63) is 46.2 Å². The zero-order valence-electron chi connectivity index (χ0n) is 12.2. The van der Waals surface area contributed by atoms with Crippen molar-refractivity contribution in [2.75, 3.05) is 13.1 Å². The molecule has 21 heavy (non-hydrogen) atoms. The highest BCUT2D eigenvalue weighted by Crippen LogP contribution is 2.24. The van der Waals surface area contributed by atoms with Gasteiger partial charge in [-0.15, -0.1) is 11.3 Å². The number of pyridine rings is 1. The first-order chi connectivity index (χ1) is 10.2. The Morgan fingerprint density at radius 3 is 2.67 bits per heavy atom. The van der Waals surface area contributed by atoms with E-state index in [1.807, 2.05) is 24.2 Å². The molecule has 0 radical (unpaired) electrons. The maximum Gasteiger partial charge on any atom is 0.265 e. The van der Waals surface area contributed by atoms with E-state index in [0.717, 1.165) is 42.9 Å². The van der Waals surface area contributed by atoms with Gasteiger partial charge in [0.2, 0.25) is 0 Å². The molecule has 0 atom stereocenters. The Labute approximate surface area is 128 Å². The second kappa shape index (κ2) is 6.35. The van der Waals surface area contributed by atoms with Crippen molar-refractivity contribution < 1.29 is 4.79 Å². The quantitative estimate of drug-likeness (QED) is 0.875. The Balaban J connectivity index is 1.56. The highest BCUT2D eigenvalue weighted by Gasteiger charge is 2.25. The molecule has 4 nitrogen and oxygen atoms in total. The third-order valence-corrected chi connectivity index (χ3v) is 5.03. The molecule has 2 aromatic heterocycles. The Kier molecular flexibility index (Phi) is 4.29. The van der Waals surface area contributed by atoms with E-state index in [0.29, 0.717) is 5.92 Å². The molecule has 1 fully saturated rings. The van der Waals surface area contributed by atoms with Gasteiger partial charge < -0.3 is 4.90 Å². The maximum atomic E-state index is 12.4. The molecule has 0 aliphatic carbocycles. The Morgan fingerprint density at radius 2 is 2.05 bits per heavy atom. The first kappa shape index (κ1) is 14.2. The average molecular weight is 301 g/mol. The van der Waals surface area contributed by atoms with Crippen molar-refractivity contribution in [2.24, 2.45) is 5.92 Å². The van der Waals surface area contributed by atoms with Gasteiger partial charge in [-0.3, -0.25) is 9.78 Å². The van der Waals surface area contributed by atoms with Crippen LogP contribution in [0.25, 0.3) is 0 Å². The minimum absolute atomic E-state index is 0.150. The Bertz CT molecular complexity index is 603. The van der Waals surface area contributed by atoms with E-state index in [2.05, 4.69) is 22.1 Å². The number of hydrogen-bond acceptors (Lipinski definition) is 4. The van der Waals surface area contributed by atoms with Gasteiger partial charge in [0.05, 0.1) is 11.2 Å². The molecule has 0 spiro atoms. The molecular weight excluding hydrogens is 282 g/mol. The van der Waals surface area contributed by atoms with Crippen LogP contribution in [0.3, 0.4) is 0 Å². The van der Waals surface area contributed by atoms with Crippen molar-refractivity contribution >= 4 is 17.2 Å². The second-order valence-corrected chi connectivity index (χ2v) is 6.42. The molecule has 0 saturated carbocycles. The number of amides is 1. The lowest BCUT2D eigenvalue weighted by molar-refractivity contribution is 0.0694. The summed E-state index contributed by atoms with van der Waals surface area (Å²) in [5.74, 6) is 0.816. The smallest absolute Gasteiger partial charge is 0.265 e. The monoisotopic (exact) mass is 301 g/mol. The zero-order valence-corrected chi connectivity index (χ0v) is 13.0. The van der Waals surface area contributed by atoms with Gasteiger partial charge >= 0.3 is 0 Å². The lowest BCUT2D eigenvalue weighted by atomic mass is 9.90. The number of likely N-dealkylation sites (tertiary alicyclic amines) is 1. The average Bonchev–Trinajstić information content (AvgIpc) is 2.94. The molecule has 0 bridgehead atoms. The van der Waals surface area contributed by atoms with Gasteiger partial charge in [-0.25, -0.2) is 4.98 Å². The van der Waals surface area contributed by atoms with Gasteiger partial charge in [0.25, 0.3) is 5.91 Å². The predicted octanol–water partition coefficient (Wildman–Crippen LogP) is 2.94. The number of carbonyl (C=O) groups excluding carboxylic acids is 1. The lowest BCUT2D eigenvalue weighted by Crippen LogP contribution is -2.38. The number of aromatic nitrogens is 2. The molecule has 1 aliphatic rings. The third-order valence-electron chi connectivity index (χ3n) is 4.12. The zero-order chi connectivity index (χ0) is 14.7. The van der Waals surface area contributed by atoms with Crippen molar-refractivity contribution in [3.8, 4) is 0 Å².